The predicted octanol–water partition coefficient (Wildman–Crippen LogP) is 2.72. The van der Waals surface area contributed by atoms with E-state index >= 15 is 0 Å². The number of nitrogens with one attached hydrogen (secondary N) is 1. The van der Waals surface area contributed by atoms with Crippen molar-refractivity contribution in [3.63, 3.8) is 0 Å². The summed E-state index contributed by atoms with van der Waals surface area (Å²) in [6, 6.07) is 5.98. The molecular weight excluding hydrogens is 264 g/mol. The highest BCUT2D eigenvalue weighted by Crippen LogP contribution is 2.37. The van der Waals surface area contributed by atoms with Crippen LogP contribution in [0.3, 0.4) is 0 Å². The molecule has 0 atom stereocenters. The Morgan fingerprint density at radius 1 is 1.10 bits per heavy atom. The van der Waals surface area contributed by atoms with Gasteiger partial charge in [-0.2, -0.15) is 0 Å². The first-order valence-electron chi connectivity index (χ1n) is 7.97. The van der Waals surface area contributed by atoms with Crippen LogP contribution in [0.15, 0.2) is 18.2 Å². The van der Waals surface area contributed by atoms with Gasteiger partial charge in [0.1, 0.15) is 0 Å². The molecular formula is C17H20N2O2. The Morgan fingerprint density at radius 3 is 2.57 bits per heavy atom. The first kappa shape index (κ1) is 12.9. The van der Waals surface area contributed by atoms with E-state index in [0.29, 0.717) is 0 Å². The van der Waals surface area contributed by atoms with Crippen LogP contribution in [0.1, 0.15) is 37.7 Å². The summed E-state index contributed by atoms with van der Waals surface area (Å²) in [5, 5.41) is 3.00. The summed E-state index contributed by atoms with van der Waals surface area (Å²) < 4.78 is 0. The molecule has 2 aliphatic carbocycles. The second kappa shape index (κ2) is 4.86. The van der Waals surface area contributed by atoms with Crippen molar-refractivity contribution in [2.24, 2.45) is 11.8 Å². The normalized spacial score (nSPS) is 20.9. The molecule has 21 heavy (non-hydrogen) atoms. The van der Waals surface area contributed by atoms with E-state index in [1.54, 1.807) is 0 Å². The summed E-state index contributed by atoms with van der Waals surface area (Å²) >= 11 is 0. The Hall–Kier alpha value is -1.84. The standard InChI is InChI=1S/C17H20N2O2/c20-16(12-2-1-3-12)18-14-7-6-11-8-9-19(15(11)10-14)17(21)13-4-5-13/h6-7,10,12-13H,1-5,8-9H2,(H,18,20). The van der Waals surface area contributed by atoms with Crippen LogP contribution in [-0.2, 0) is 16.0 Å². The Bertz CT molecular complexity index is 603. The van der Waals surface area contributed by atoms with Crippen LogP contribution in [0.4, 0.5) is 11.4 Å². The molecule has 1 aromatic carbocycles. The van der Waals surface area contributed by atoms with Gasteiger partial charge in [0.25, 0.3) is 0 Å². The van der Waals surface area contributed by atoms with Crippen LogP contribution >= 0.6 is 0 Å². The number of rotatable bonds is 3. The number of carbonyl (C=O) groups excluding carboxylic acids is 2. The molecule has 0 bridgehead atoms. The second-order valence-corrected chi connectivity index (χ2v) is 6.47. The number of hydrogen-bond acceptors (Lipinski definition) is 2. The molecule has 0 spiro atoms. The maximum atomic E-state index is 12.3. The monoisotopic (exact) mass is 284 g/mol. The first-order chi connectivity index (χ1) is 10.2. The summed E-state index contributed by atoms with van der Waals surface area (Å²) in [6.07, 6.45) is 6.15. The van der Waals surface area contributed by atoms with Gasteiger partial charge in [-0.25, -0.2) is 0 Å². The molecule has 0 radical (unpaired) electrons. The highest BCUT2D eigenvalue weighted by molar-refractivity contribution is 6.00. The van der Waals surface area contributed by atoms with Crippen LogP contribution in [0.2, 0.25) is 0 Å². The lowest BCUT2D eigenvalue weighted by atomic mass is 9.85. The van der Waals surface area contributed by atoms with E-state index in [1.165, 1.54) is 5.56 Å². The van der Waals surface area contributed by atoms with E-state index in [0.717, 1.165) is 56.4 Å². The number of hydrogen-bond donors (Lipinski definition) is 1. The van der Waals surface area contributed by atoms with Gasteiger partial charge in [-0.05, 0) is 49.8 Å². The van der Waals surface area contributed by atoms with Crippen LogP contribution < -0.4 is 10.2 Å². The molecule has 4 heteroatoms. The van der Waals surface area contributed by atoms with Crippen LogP contribution in [0.5, 0.6) is 0 Å². The van der Waals surface area contributed by atoms with E-state index in [9.17, 15) is 9.59 Å². The van der Waals surface area contributed by atoms with Gasteiger partial charge >= 0.3 is 0 Å². The Labute approximate surface area is 124 Å². The van der Waals surface area contributed by atoms with Gasteiger partial charge in [-0.3, -0.25) is 9.59 Å². The predicted molar refractivity (Wildman–Crippen MR) is 81.2 cm³/mol. The smallest absolute Gasteiger partial charge is 0.230 e. The maximum absolute atomic E-state index is 12.3. The average Bonchev–Trinajstić information content (AvgIpc) is 3.16. The number of anilines is 2. The SMILES string of the molecule is O=C(Nc1ccc2c(c1)N(C(=O)C1CC1)CC2)C1CCC1. The quantitative estimate of drug-likeness (QED) is 0.927. The molecule has 4 nitrogen and oxygen atoms in total. The first-order valence-corrected chi connectivity index (χ1v) is 7.97. The summed E-state index contributed by atoms with van der Waals surface area (Å²) in [4.78, 5) is 26.3. The van der Waals surface area contributed by atoms with Gasteiger partial charge in [0, 0.05) is 29.8 Å². The lowest BCUT2D eigenvalue weighted by molar-refractivity contribution is -0.122. The molecule has 0 saturated heterocycles. The van der Waals surface area contributed by atoms with E-state index < -0.39 is 0 Å². The van der Waals surface area contributed by atoms with Crippen LogP contribution in [0, 0.1) is 11.8 Å². The Morgan fingerprint density at radius 2 is 1.90 bits per heavy atom. The van der Waals surface area contributed by atoms with Crippen LogP contribution in [0.25, 0.3) is 0 Å². The lowest BCUT2D eigenvalue weighted by Crippen LogP contribution is -2.30. The maximum Gasteiger partial charge on any atom is 0.230 e. The molecule has 110 valence electrons. The van der Waals surface area contributed by atoms with E-state index in [4.69, 9.17) is 0 Å². The van der Waals surface area contributed by atoms with Crippen molar-refractivity contribution in [3.8, 4) is 0 Å². The molecule has 0 aromatic heterocycles. The molecule has 1 N–H and O–H groups in total. The van der Waals surface area contributed by atoms with Crippen molar-refractivity contribution in [2.45, 2.75) is 38.5 Å². The third kappa shape index (κ3) is 2.33. The number of nitrogens with zero attached hydrogens (tertiary/aromatic N) is 1. The zero-order chi connectivity index (χ0) is 14.4. The molecule has 2 saturated carbocycles. The number of amides is 2. The lowest BCUT2D eigenvalue weighted by Gasteiger charge is -2.24. The minimum atomic E-state index is 0.124. The van der Waals surface area contributed by atoms with Crippen LogP contribution in [-0.4, -0.2) is 18.4 Å². The summed E-state index contributed by atoms with van der Waals surface area (Å²) in [5.41, 5.74) is 3.03. The van der Waals surface area contributed by atoms with Crippen molar-refractivity contribution in [3.05, 3.63) is 23.8 Å². The molecule has 1 heterocycles. The highest BCUT2D eigenvalue weighted by Gasteiger charge is 2.36. The zero-order valence-corrected chi connectivity index (χ0v) is 12.1. The van der Waals surface area contributed by atoms with E-state index in [2.05, 4.69) is 5.32 Å². The molecule has 0 unspecified atom stereocenters. The Kier molecular flexibility index (Phi) is 2.98. The second-order valence-electron chi connectivity index (χ2n) is 6.47. The van der Waals surface area contributed by atoms with Crippen molar-refractivity contribution < 1.29 is 9.59 Å². The third-order valence-corrected chi connectivity index (χ3v) is 4.92. The van der Waals surface area contributed by atoms with Gasteiger partial charge in [0.15, 0.2) is 0 Å². The van der Waals surface area contributed by atoms with Crippen molar-refractivity contribution in [1.82, 2.24) is 0 Å². The molecule has 2 amide bonds. The minimum Gasteiger partial charge on any atom is -0.326 e. The van der Waals surface area contributed by atoms with Crippen molar-refractivity contribution >= 4 is 23.2 Å². The van der Waals surface area contributed by atoms with Gasteiger partial charge in [0.2, 0.25) is 11.8 Å². The topological polar surface area (TPSA) is 49.4 Å². The highest BCUT2D eigenvalue weighted by atomic mass is 16.2. The zero-order valence-electron chi connectivity index (χ0n) is 12.1. The van der Waals surface area contributed by atoms with E-state index in [1.807, 2.05) is 23.1 Å². The van der Waals surface area contributed by atoms with Crippen molar-refractivity contribution in [1.29, 1.82) is 0 Å². The summed E-state index contributed by atoms with van der Waals surface area (Å²) in [5.74, 6) is 0.808. The van der Waals surface area contributed by atoms with Crippen molar-refractivity contribution in [2.75, 3.05) is 16.8 Å². The minimum absolute atomic E-state index is 0.124. The fourth-order valence-electron chi connectivity index (χ4n) is 3.15. The molecule has 2 fully saturated rings. The molecule has 1 aromatic rings. The Balaban J connectivity index is 1.53. The largest absolute Gasteiger partial charge is 0.326 e. The van der Waals surface area contributed by atoms with Gasteiger partial charge in [-0.1, -0.05) is 12.5 Å². The summed E-state index contributed by atoms with van der Waals surface area (Å²) in [6.45, 7) is 0.782. The average molecular weight is 284 g/mol. The molecule has 1 aliphatic heterocycles. The fourth-order valence-corrected chi connectivity index (χ4v) is 3.15. The number of fused-ring (bicyclic) bond motifs is 1. The summed E-state index contributed by atoms with van der Waals surface area (Å²) in [7, 11) is 0. The number of benzene rings is 1. The van der Waals surface area contributed by atoms with Gasteiger partial charge < -0.3 is 10.2 Å². The van der Waals surface area contributed by atoms with E-state index in [-0.39, 0.29) is 23.7 Å². The fraction of sp³-hybridized carbons (Fsp3) is 0.529. The molecule has 4 rings (SSSR count). The van der Waals surface area contributed by atoms with Gasteiger partial charge in [0.05, 0.1) is 0 Å². The number of carbonyl (C=O) groups is 2. The third-order valence-electron chi connectivity index (χ3n) is 4.92. The van der Waals surface area contributed by atoms with Gasteiger partial charge in [-0.15, -0.1) is 0 Å². The molecule has 3 aliphatic rings.